The van der Waals surface area contributed by atoms with Gasteiger partial charge in [-0.05, 0) is 23.5 Å². The third-order valence-electron chi connectivity index (χ3n) is 1.20. The van der Waals surface area contributed by atoms with Crippen molar-refractivity contribution in [3.05, 3.63) is 0 Å². The minimum absolute atomic E-state index is 0. The number of hydrogen-bond acceptors (Lipinski definition) is 2. The Kier molecular flexibility index (Phi) is 6.60. The van der Waals surface area contributed by atoms with E-state index in [2.05, 4.69) is 34.6 Å². The van der Waals surface area contributed by atoms with Gasteiger partial charge in [0, 0.05) is 16.3 Å². The Labute approximate surface area is 95.3 Å². The van der Waals surface area contributed by atoms with Crippen LogP contribution in [0, 0.1) is 0 Å². The van der Waals surface area contributed by atoms with Crippen molar-refractivity contribution in [3.63, 3.8) is 0 Å². The summed E-state index contributed by atoms with van der Waals surface area (Å²) >= 11 is 7.42. The predicted octanol–water partition coefficient (Wildman–Crippen LogP) is -1.14. The third-order valence-corrected chi connectivity index (χ3v) is 5.68. The summed E-state index contributed by atoms with van der Waals surface area (Å²) in [4.78, 5) is 0. The number of alkyl halides is 1. The minimum Gasteiger partial charge on any atom is -1.00 e. The fourth-order valence-corrected chi connectivity index (χ4v) is 4.24. The molecule has 0 spiro atoms. The van der Waals surface area contributed by atoms with Crippen molar-refractivity contribution in [1.29, 1.82) is 0 Å². The molecule has 0 bridgehead atoms. The molecule has 5 heteroatoms. The normalized spacial score (nSPS) is 23.2. The van der Waals surface area contributed by atoms with Crippen LogP contribution in [0.4, 0.5) is 0 Å². The molecule has 0 aromatic heterocycles. The second-order valence-corrected chi connectivity index (χ2v) is 5.57. The van der Waals surface area contributed by atoms with E-state index in [4.69, 9.17) is 0 Å². The fourth-order valence-electron chi connectivity index (χ4n) is 0.685. The highest BCUT2D eigenvalue weighted by molar-refractivity contribution is 9.09. The van der Waals surface area contributed by atoms with E-state index in [-0.39, 0.29) is 17.0 Å². The van der Waals surface area contributed by atoms with Gasteiger partial charge in [-0.15, -0.1) is 0 Å². The van der Waals surface area contributed by atoms with E-state index in [0.717, 1.165) is 10.6 Å². The average Bonchev–Trinajstić information content (AvgIpc) is 2.34. The molecule has 0 amide bonds. The summed E-state index contributed by atoms with van der Waals surface area (Å²) in [5.41, 5.74) is 0. The lowest BCUT2D eigenvalue weighted by Crippen LogP contribution is -3.00. The number of halogens is 2. The molecule has 0 aliphatic carbocycles. The first-order valence-electron chi connectivity index (χ1n) is 3.13. The van der Waals surface area contributed by atoms with Gasteiger partial charge >= 0.3 is 0 Å². The Morgan fingerprint density at radius 1 is 1.64 bits per heavy atom. The van der Waals surface area contributed by atoms with Gasteiger partial charge in [-0.2, -0.15) is 0 Å². The molecule has 0 N–H and O–H groups in total. The van der Waals surface area contributed by atoms with Crippen LogP contribution in [-0.4, -0.2) is 39.4 Å². The maximum atomic E-state index is 3.49. The van der Waals surface area contributed by atoms with Crippen LogP contribution in [0.15, 0.2) is 0 Å². The van der Waals surface area contributed by atoms with Crippen molar-refractivity contribution in [1.82, 2.24) is 0 Å². The molecular weight excluding hydrogens is 310 g/mol. The molecule has 0 aromatic rings. The zero-order chi connectivity index (χ0) is 7.56. The summed E-state index contributed by atoms with van der Waals surface area (Å²) < 4.78 is 3.64. The van der Waals surface area contributed by atoms with Gasteiger partial charge in [-0.25, -0.2) is 4.58 Å². The fraction of sp³-hybridized carbons (Fsp3) is 0.833. The highest BCUT2D eigenvalue weighted by atomic mass is 79.9. The Balaban J connectivity index is 0.000001000. The highest BCUT2D eigenvalue weighted by Gasteiger charge is 2.26. The van der Waals surface area contributed by atoms with E-state index >= 15 is 0 Å². The number of nitrogens with zero attached hydrogens (tertiary/aromatic N) is 1. The largest absolute Gasteiger partial charge is 1.00 e. The van der Waals surface area contributed by atoms with Gasteiger partial charge in [-0.3, -0.25) is 0 Å². The molecule has 1 rings (SSSR count). The molecule has 0 radical (unpaired) electrons. The standard InChI is InChI=1S/C6H11BrNS2.BrH/c1-8(2)6-9-4-5(3-7)10-6;/h5H,3-4H2,1-2H3;1H/q+1;/p-1. The first-order valence-corrected chi connectivity index (χ1v) is 6.12. The van der Waals surface area contributed by atoms with Crippen LogP contribution in [0.5, 0.6) is 0 Å². The molecule has 1 unspecified atom stereocenters. The third kappa shape index (κ3) is 3.70. The Bertz CT molecular complexity index is 157. The lowest BCUT2D eigenvalue weighted by atomic mass is 10.6. The van der Waals surface area contributed by atoms with Gasteiger partial charge < -0.3 is 17.0 Å². The smallest absolute Gasteiger partial charge is 0.269 e. The molecule has 1 saturated heterocycles. The lowest BCUT2D eigenvalue weighted by molar-refractivity contribution is -0.458. The quantitative estimate of drug-likeness (QED) is 0.444. The molecule has 1 heterocycles. The van der Waals surface area contributed by atoms with Gasteiger partial charge in [-0.1, -0.05) is 15.9 Å². The van der Waals surface area contributed by atoms with Crippen LogP contribution in [0.3, 0.4) is 0 Å². The van der Waals surface area contributed by atoms with Crippen molar-refractivity contribution in [2.75, 3.05) is 25.2 Å². The summed E-state index contributed by atoms with van der Waals surface area (Å²) in [5, 5.41) is 1.89. The molecular formula is C6H11Br2NS2. The highest BCUT2D eigenvalue weighted by Crippen LogP contribution is 2.33. The molecule has 1 fully saturated rings. The van der Waals surface area contributed by atoms with E-state index in [1.165, 1.54) is 10.1 Å². The van der Waals surface area contributed by atoms with Gasteiger partial charge in [0.25, 0.3) is 4.38 Å². The van der Waals surface area contributed by atoms with Crippen LogP contribution in [0.2, 0.25) is 0 Å². The van der Waals surface area contributed by atoms with Crippen molar-refractivity contribution >= 4 is 43.8 Å². The van der Waals surface area contributed by atoms with Gasteiger partial charge in [0.1, 0.15) is 14.1 Å². The Morgan fingerprint density at radius 3 is 2.55 bits per heavy atom. The second-order valence-electron chi connectivity index (χ2n) is 2.37. The number of hydrogen-bond donors (Lipinski definition) is 0. The summed E-state index contributed by atoms with van der Waals surface area (Å²) in [5.74, 6) is 1.25. The average molecular weight is 321 g/mol. The van der Waals surface area contributed by atoms with E-state index < -0.39 is 0 Å². The monoisotopic (exact) mass is 319 g/mol. The number of thioether (sulfide) groups is 2. The van der Waals surface area contributed by atoms with E-state index in [1.54, 1.807) is 0 Å². The Hall–Kier alpha value is 1.33. The summed E-state index contributed by atoms with van der Waals surface area (Å²) in [6.07, 6.45) is 0. The summed E-state index contributed by atoms with van der Waals surface area (Å²) in [6.45, 7) is 0. The molecule has 66 valence electrons. The second kappa shape index (κ2) is 5.89. The summed E-state index contributed by atoms with van der Waals surface area (Å²) in [7, 11) is 4.21. The molecule has 0 saturated carbocycles. The number of rotatable bonds is 1. The van der Waals surface area contributed by atoms with E-state index in [0.29, 0.717) is 0 Å². The topological polar surface area (TPSA) is 3.01 Å². The van der Waals surface area contributed by atoms with Gasteiger partial charge in [0.15, 0.2) is 0 Å². The van der Waals surface area contributed by atoms with Crippen molar-refractivity contribution < 1.29 is 21.6 Å². The van der Waals surface area contributed by atoms with Crippen molar-refractivity contribution in [3.8, 4) is 0 Å². The zero-order valence-electron chi connectivity index (χ0n) is 6.51. The first-order chi connectivity index (χ1) is 4.74. The van der Waals surface area contributed by atoms with E-state index in [9.17, 15) is 0 Å². The van der Waals surface area contributed by atoms with Crippen LogP contribution in [-0.2, 0) is 0 Å². The lowest BCUT2D eigenvalue weighted by Gasteiger charge is -1.95. The van der Waals surface area contributed by atoms with Crippen molar-refractivity contribution in [2.24, 2.45) is 0 Å². The summed E-state index contributed by atoms with van der Waals surface area (Å²) in [6, 6.07) is 0. The minimum atomic E-state index is 0. The maximum absolute atomic E-state index is 3.49. The zero-order valence-corrected chi connectivity index (χ0v) is 11.3. The first kappa shape index (κ1) is 12.3. The molecule has 1 atom stereocenters. The van der Waals surface area contributed by atoms with Crippen LogP contribution in [0.25, 0.3) is 0 Å². The van der Waals surface area contributed by atoms with Crippen LogP contribution >= 0.6 is 39.5 Å². The molecule has 1 nitrogen and oxygen atoms in total. The van der Waals surface area contributed by atoms with Crippen molar-refractivity contribution in [2.45, 2.75) is 5.25 Å². The van der Waals surface area contributed by atoms with Crippen LogP contribution in [0.1, 0.15) is 0 Å². The Morgan fingerprint density at radius 2 is 2.27 bits per heavy atom. The predicted molar refractivity (Wildman–Crippen MR) is 54.7 cm³/mol. The van der Waals surface area contributed by atoms with Gasteiger partial charge in [0.2, 0.25) is 0 Å². The molecule has 1 aliphatic rings. The molecule has 0 aromatic carbocycles. The SMILES string of the molecule is C[N+](C)=C1SCC(CBr)S1.[Br-]. The maximum Gasteiger partial charge on any atom is 0.269 e. The van der Waals surface area contributed by atoms with E-state index in [1.807, 2.05) is 23.5 Å². The molecule has 1 aliphatic heterocycles. The molecule has 11 heavy (non-hydrogen) atoms. The van der Waals surface area contributed by atoms with Gasteiger partial charge in [0.05, 0.1) is 0 Å². The van der Waals surface area contributed by atoms with Crippen LogP contribution < -0.4 is 17.0 Å².